The SMILES string of the molecule is O=C(O)[C@H](O)c1ccc([N+](=O)[O-])cc1. The molecule has 0 heterocycles. The Morgan fingerprint density at radius 1 is 1.36 bits per heavy atom. The maximum atomic E-state index is 10.3. The number of aliphatic hydroxyl groups is 1. The smallest absolute Gasteiger partial charge is 0.337 e. The van der Waals surface area contributed by atoms with E-state index in [2.05, 4.69) is 0 Å². The van der Waals surface area contributed by atoms with Crippen molar-refractivity contribution >= 4 is 11.7 Å². The Hall–Kier alpha value is -1.95. The summed E-state index contributed by atoms with van der Waals surface area (Å²) in [4.78, 5) is 20.0. The number of carbonyl (C=O) groups is 1. The number of hydrogen-bond acceptors (Lipinski definition) is 4. The van der Waals surface area contributed by atoms with Gasteiger partial charge in [-0.15, -0.1) is 0 Å². The Bertz CT molecular complexity index is 358. The van der Waals surface area contributed by atoms with E-state index in [0.717, 1.165) is 12.1 Å². The molecule has 6 nitrogen and oxygen atoms in total. The second-order valence-electron chi connectivity index (χ2n) is 2.59. The van der Waals surface area contributed by atoms with Gasteiger partial charge in [-0.05, 0) is 17.7 Å². The number of nitro benzene ring substituents is 1. The molecule has 1 rings (SSSR count). The molecule has 0 amide bonds. The van der Waals surface area contributed by atoms with Crippen LogP contribution in [0.5, 0.6) is 0 Å². The van der Waals surface area contributed by atoms with Crippen LogP contribution in [0.1, 0.15) is 11.7 Å². The van der Waals surface area contributed by atoms with E-state index in [4.69, 9.17) is 10.2 Å². The van der Waals surface area contributed by atoms with Crippen LogP contribution >= 0.6 is 0 Å². The van der Waals surface area contributed by atoms with Crippen LogP contribution in [0.3, 0.4) is 0 Å². The van der Waals surface area contributed by atoms with E-state index in [9.17, 15) is 14.9 Å². The van der Waals surface area contributed by atoms with Gasteiger partial charge < -0.3 is 10.2 Å². The highest BCUT2D eigenvalue weighted by molar-refractivity contribution is 5.74. The molecule has 14 heavy (non-hydrogen) atoms. The van der Waals surface area contributed by atoms with E-state index in [-0.39, 0.29) is 11.3 Å². The third kappa shape index (κ3) is 2.05. The van der Waals surface area contributed by atoms with Crippen molar-refractivity contribution in [3.63, 3.8) is 0 Å². The number of hydrogen-bond donors (Lipinski definition) is 2. The molecule has 0 radical (unpaired) electrons. The van der Waals surface area contributed by atoms with E-state index >= 15 is 0 Å². The second-order valence-corrected chi connectivity index (χ2v) is 2.59. The minimum atomic E-state index is -1.64. The molecule has 0 unspecified atom stereocenters. The van der Waals surface area contributed by atoms with Crippen LogP contribution in [0.15, 0.2) is 24.3 Å². The molecular weight excluding hydrogens is 190 g/mol. The monoisotopic (exact) mass is 197 g/mol. The van der Waals surface area contributed by atoms with Crippen molar-refractivity contribution in [1.29, 1.82) is 0 Å². The Kier molecular flexibility index (Phi) is 2.78. The van der Waals surface area contributed by atoms with Gasteiger partial charge >= 0.3 is 5.97 Å². The Morgan fingerprint density at radius 2 is 1.86 bits per heavy atom. The molecule has 0 fully saturated rings. The van der Waals surface area contributed by atoms with Gasteiger partial charge in [-0.1, -0.05) is 0 Å². The first-order valence-electron chi connectivity index (χ1n) is 3.67. The molecule has 0 saturated heterocycles. The fourth-order valence-corrected chi connectivity index (χ4v) is 0.921. The van der Waals surface area contributed by atoms with Crippen LogP contribution in [-0.2, 0) is 4.79 Å². The summed E-state index contributed by atoms with van der Waals surface area (Å²) in [6.07, 6.45) is -1.64. The minimum absolute atomic E-state index is 0.114. The zero-order valence-corrected chi connectivity index (χ0v) is 6.95. The van der Waals surface area contributed by atoms with Gasteiger partial charge in [0.15, 0.2) is 6.10 Å². The summed E-state index contributed by atoms with van der Waals surface area (Å²) in [6.45, 7) is 0. The summed E-state index contributed by atoms with van der Waals surface area (Å²) in [5.41, 5.74) is -0.0329. The predicted octanol–water partition coefficient (Wildman–Crippen LogP) is 0.713. The van der Waals surface area contributed by atoms with E-state index in [1.165, 1.54) is 12.1 Å². The van der Waals surface area contributed by atoms with Crippen molar-refractivity contribution in [3.8, 4) is 0 Å². The Morgan fingerprint density at radius 3 is 2.21 bits per heavy atom. The van der Waals surface area contributed by atoms with Gasteiger partial charge in [0.1, 0.15) is 0 Å². The number of nitro groups is 1. The minimum Gasteiger partial charge on any atom is -0.479 e. The van der Waals surface area contributed by atoms with Gasteiger partial charge in [-0.3, -0.25) is 10.1 Å². The lowest BCUT2D eigenvalue weighted by molar-refractivity contribution is -0.384. The fourth-order valence-electron chi connectivity index (χ4n) is 0.921. The molecule has 2 N–H and O–H groups in total. The lowest BCUT2D eigenvalue weighted by Gasteiger charge is -2.03. The highest BCUT2D eigenvalue weighted by Gasteiger charge is 2.16. The number of carboxylic acid groups (broad SMARTS) is 1. The molecule has 74 valence electrons. The molecule has 0 aliphatic heterocycles. The molecule has 0 aromatic heterocycles. The predicted molar refractivity (Wildman–Crippen MR) is 45.7 cm³/mol. The number of benzene rings is 1. The summed E-state index contributed by atoms with van der Waals surface area (Å²) < 4.78 is 0. The zero-order chi connectivity index (χ0) is 10.7. The van der Waals surface area contributed by atoms with E-state index in [1.807, 2.05) is 0 Å². The van der Waals surface area contributed by atoms with E-state index < -0.39 is 17.0 Å². The number of carboxylic acids is 1. The second kappa shape index (κ2) is 3.84. The van der Waals surface area contributed by atoms with E-state index in [0.29, 0.717) is 0 Å². The van der Waals surface area contributed by atoms with Gasteiger partial charge in [0.25, 0.3) is 5.69 Å². The largest absolute Gasteiger partial charge is 0.479 e. The van der Waals surface area contributed by atoms with Crippen molar-refractivity contribution in [2.24, 2.45) is 0 Å². The van der Waals surface area contributed by atoms with Crippen LogP contribution in [0.4, 0.5) is 5.69 Å². The molecule has 0 aliphatic carbocycles. The van der Waals surface area contributed by atoms with Crippen LogP contribution in [-0.4, -0.2) is 21.1 Å². The summed E-state index contributed by atoms with van der Waals surface area (Å²) in [5.74, 6) is -1.39. The Balaban J connectivity index is 2.94. The van der Waals surface area contributed by atoms with Crippen molar-refractivity contribution in [2.45, 2.75) is 6.10 Å². The van der Waals surface area contributed by atoms with Gasteiger partial charge in [0.2, 0.25) is 0 Å². The van der Waals surface area contributed by atoms with Crippen molar-refractivity contribution in [2.75, 3.05) is 0 Å². The topological polar surface area (TPSA) is 101 Å². The standard InChI is InChI=1S/C8H7NO5/c10-7(8(11)12)5-1-3-6(4-2-5)9(13)14/h1-4,7,10H,(H,11,12)/t7-/m1/s1. The highest BCUT2D eigenvalue weighted by atomic mass is 16.6. The number of aliphatic hydroxyl groups excluding tert-OH is 1. The molecule has 6 heteroatoms. The first kappa shape index (κ1) is 10.1. The lowest BCUT2D eigenvalue weighted by atomic mass is 10.1. The van der Waals surface area contributed by atoms with Crippen LogP contribution in [0, 0.1) is 10.1 Å². The van der Waals surface area contributed by atoms with Crippen molar-refractivity contribution in [3.05, 3.63) is 39.9 Å². The van der Waals surface area contributed by atoms with Crippen LogP contribution < -0.4 is 0 Å². The average molecular weight is 197 g/mol. The van der Waals surface area contributed by atoms with Gasteiger partial charge in [-0.25, -0.2) is 4.79 Å². The van der Waals surface area contributed by atoms with Gasteiger partial charge in [0, 0.05) is 12.1 Å². The lowest BCUT2D eigenvalue weighted by Crippen LogP contribution is -2.10. The maximum absolute atomic E-state index is 10.3. The summed E-state index contributed by atoms with van der Waals surface area (Å²) in [6, 6.07) is 4.69. The molecular formula is C8H7NO5. The van der Waals surface area contributed by atoms with E-state index in [1.54, 1.807) is 0 Å². The van der Waals surface area contributed by atoms with Crippen LogP contribution in [0.25, 0.3) is 0 Å². The summed E-state index contributed by atoms with van der Waals surface area (Å²) in [5, 5.41) is 27.7. The molecule has 0 saturated carbocycles. The number of non-ortho nitro benzene ring substituents is 1. The van der Waals surface area contributed by atoms with Gasteiger partial charge in [-0.2, -0.15) is 0 Å². The zero-order valence-electron chi connectivity index (χ0n) is 6.95. The quantitative estimate of drug-likeness (QED) is 0.549. The highest BCUT2D eigenvalue weighted by Crippen LogP contribution is 2.17. The number of rotatable bonds is 3. The molecule has 1 atom stereocenters. The van der Waals surface area contributed by atoms with Crippen LogP contribution in [0.2, 0.25) is 0 Å². The van der Waals surface area contributed by atoms with Gasteiger partial charge in [0.05, 0.1) is 4.92 Å². The third-order valence-corrected chi connectivity index (χ3v) is 1.65. The first-order chi connectivity index (χ1) is 6.52. The average Bonchev–Trinajstić information content (AvgIpc) is 2.16. The summed E-state index contributed by atoms with van der Waals surface area (Å²) in [7, 11) is 0. The first-order valence-corrected chi connectivity index (χ1v) is 3.67. The molecule has 0 bridgehead atoms. The maximum Gasteiger partial charge on any atom is 0.337 e. The van der Waals surface area contributed by atoms with Crippen molar-refractivity contribution in [1.82, 2.24) is 0 Å². The number of aliphatic carboxylic acids is 1. The molecule has 1 aromatic carbocycles. The third-order valence-electron chi connectivity index (χ3n) is 1.65. The Labute approximate surface area is 78.6 Å². The molecule has 0 aliphatic rings. The molecule has 0 spiro atoms. The normalized spacial score (nSPS) is 12.1. The number of nitrogens with zero attached hydrogens (tertiary/aromatic N) is 1. The fraction of sp³-hybridized carbons (Fsp3) is 0.125. The van der Waals surface area contributed by atoms with Crippen molar-refractivity contribution < 1.29 is 19.9 Å². The summed E-state index contributed by atoms with van der Waals surface area (Å²) >= 11 is 0. The molecule has 1 aromatic rings.